The van der Waals surface area contributed by atoms with E-state index in [0.717, 1.165) is 36.3 Å². The van der Waals surface area contributed by atoms with Crippen LogP contribution in [0.25, 0.3) is 0 Å². The molecule has 0 aliphatic heterocycles. The molecule has 1 fully saturated rings. The molecule has 4 atom stereocenters. The van der Waals surface area contributed by atoms with Crippen molar-refractivity contribution in [3.05, 3.63) is 93.5 Å². The molecule has 1 heterocycles. The Labute approximate surface area is 210 Å². The predicted octanol–water partition coefficient (Wildman–Crippen LogP) is 6.01. The Morgan fingerprint density at radius 3 is 2.74 bits per heavy atom. The van der Waals surface area contributed by atoms with Crippen LogP contribution in [0.2, 0.25) is 5.02 Å². The number of aliphatic hydroxyl groups excluding tert-OH is 1. The summed E-state index contributed by atoms with van der Waals surface area (Å²) in [7, 11) is 0. The van der Waals surface area contributed by atoms with E-state index in [0.29, 0.717) is 25.0 Å². The molecule has 1 saturated carbocycles. The summed E-state index contributed by atoms with van der Waals surface area (Å²) in [5.74, 6) is 0.461. The van der Waals surface area contributed by atoms with Crippen LogP contribution in [-0.2, 0) is 24.0 Å². The number of hydrogen-bond donors (Lipinski definition) is 2. The van der Waals surface area contributed by atoms with E-state index in [4.69, 9.17) is 16.3 Å². The molecule has 2 aliphatic carbocycles. The molecular formula is C29H31ClFNO3. The molecule has 5 rings (SSSR count). The van der Waals surface area contributed by atoms with Crippen LogP contribution in [0.15, 0.2) is 54.7 Å². The van der Waals surface area contributed by atoms with Gasteiger partial charge in [-0.2, -0.15) is 0 Å². The number of aromatic nitrogens is 1. The van der Waals surface area contributed by atoms with E-state index in [2.05, 4.69) is 24.0 Å². The summed E-state index contributed by atoms with van der Waals surface area (Å²) in [6.45, 7) is 4.58. The topological polar surface area (TPSA) is 62.6 Å². The molecule has 6 heteroatoms. The SMILES string of the molecule is CC[C@@]12C[C@H](O)[C@](O)(c3cc(F)cc(Cl)c3)C[C@H]1CCc1cc(OCc3cccnc3C)ccc12. The standard InChI is InChI=1S/C29H31ClFNO3/c1-3-28-16-27(33)29(34,22-12-23(30)14-24(31)13-22)15-21(28)7-6-19-11-25(8-9-26(19)28)35-17-20-5-4-10-32-18(20)2/h4-5,8-14,21,27,33-34H,3,6-7,15-17H2,1-2H3/t21-,27+,28-,29-/m1/s1. The fraction of sp³-hybridized carbons (Fsp3) is 0.414. The molecule has 35 heavy (non-hydrogen) atoms. The molecule has 2 aliphatic rings. The lowest BCUT2D eigenvalue weighted by Crippen LogP contribution is -2.56. The Bertz CT molecular complexity index is 1230. The average Bonchev–Trinajstić information content (AvgIpc) is 2.83. The van der Waals surface area contributed by atoms with Gasteiger partial charge in [-0.05, 0) is 98.0 Å². The first-order valence-electron chi connectivity index (χ1n) is 12.3. The molecule has 0 bridgehead atoms. The normalized spacial score (nSPS) is 27.7. The second kappa shape index (κ2) is 9.20. The number of nitrogens with zero attached hydrogens (tertiary/aromatic N) is 1. The molecular weight excluding hydrogens is 465 g/mol. The molecule has 4 nitrogen and oxygen atoms in total. The lowest BCUT2D eigenvalue weighted by Gasteiger charge is -2.55. The van der Waals surface area contributed by atoms with Gasteiger partial charge in [0, 0.05) is 27.9 Å². The van der Waals surface area contributed by atoms with Crippen LogP contribution in [0.4, 0.5) is 4.39 Å². The largest absolute Gasteiger partial charge is 0.489 e. The Balaban J connectivity index is 1.43. The Kier molecular flexibility index (Phi) is 6.37. The van der Waals surface area contributed by atoms with Gasteiger partial charge in [-0.25, -0.2) is 4.39 Å². The van der Waals surface area contributed by atoms with Crippen LogP contribution in [0, 0.1) is 18.7 Å². The maximum atomic E-state index is 14.1. The van der Waals surface area contributed by atoms with Gasteiger partial charge >= 0.3 is 0 Å². The molecule has 184 valence electrons. The highest BCUT2D eigenvalue weighted by molar-refractivity contribution is 6.30. The van der Waals surface area contributed by atoms with Crippen molar-refractivity contribution in [2.24, 2.45) is 5.92 Å². The van der Waals surface area contributed by atoms with Gasteiger partial charge in [0.2, 0.25) is 0 Å². The van der Waals surface area contributed by atoms with E-state index < -0.39 is 17.5 Å². The third-order valence-corrected chi connectivity index (χ3v) is 8.55. The number of fused-ring (bicyclic) bond motifs is 3. The fourth-order valence-electron chi connectivity index (χ4n) is 6.35. The van der Waals surface area contributed by atoms with E-state index >= 15 is 0 Å². The maximum Gasteiger partial charge on any atom is 0.125 e. The van der Waals surface area contributed by atoms with Crippen LogP contribution in [-0.4, -0.2) is 21.3 Å². The van der Waals surface area contributed by atoms with Crippen molar-refractivity contribution in [1.82, 2.24) is 4.98 Å². The Morgan fingerprint density at radius 1 is 1.17 bits per heavy atom. The van der Waals surface area contributed by atoms with Crippen molar-refractivity contribution in [2.75, 3.05) is 0 Å². The highest BCUT2D eigenvalue weighted by Gasteiger charge is 2.55. The summed E-state index contributed by atoms with van der Waals surface area (Å²) in [5, 5.41) is 23.1. The van der Waals surface area contributed by atoms with Gasteiger partial charge in [-0.1, -0.05) is 30.7 Å². The van der Waals surface area contributed by atoms with Gasteiger partial charge in [0.1, 0.15) is 23.8 Å². The first-order valence-corrected chi connectivity index (χ1v) is 12.7. The molecule has 0 saturated heterocycles. The van der Waals surface area contributed by atoms with E-state index in [1.165, 1.54) is 23.3 Å². The van der Waals surface area contributed by atoms with E-state index in [-0.39, 0.29) is 16.4 Å². The number of hydrogen-bond acceptors (Lipinski definition) is 4. The Morgan fingerprint density at radius 2 is 2.00 bits per heavy atom. The summed E-state index contributed by atoms with van der Waals surface area (Å²) in [4.78, 5) is 4.32. The summed E-state index contributed by atoms with van der Waals surface area (Å²) in [6.07, 6.45) is 4.09. The number of rotatable bonds is 5. The maximum absolute atomic E-state index is 14.1. The van der Waals surface area contributed by atoms with Crippen molar-refractivity contribution in [2.45, 2.75) is 69.7 Å². The van der Waals surface area contributed by atoms with Gasteiger partial charge in [0.05, 0.1) is 6.10 Å². The van der Waals surface area contributed by atoms with Crippen molar-refractivity contribution < 1.29 is 19.3 Å². The van der Waals surface area contributed by atoms with Crippen LogP contribution in [0.5, 0.6) is 5.75 Å². The molecule has 0 unspecified atom stereocenters. The zero-order valence-electron chi connectivity index (χ0n) is 20.1. The Hall–Kier alpha value is -2.47. The van der Waals surface area contributed by atoms with Crippen molar-refractivity contribution in [3.63, 3.8) is 0 Å². The van der Waals surface area contributed by atoms with E-state index in [9.17, 15) is 14.6 Å². The summed E-state index contributed by atoms with van der Waals surface area (Å²) >= 11 is 6.08. The van der Waals surface area contributed by atoms with Crippen molar-refractivity contribution in [1.29, 1.82) is 0 Å². The molecule has 3 aromatic rings. The number of aliphatic hydroxyl groups is 2. The van der Waals surface area contributed by atoms with Crippen LogP contribution in [0.1, 0.15) is 60.6 Å². The number of benzene rings is 2. The molecule has 2 aromatic carbocycles. The number of halogens is 2. The minimum atomic E-state index is -1.53. The highest BCUT2D eigenvalue weighted by Crippen LogP contribution is 2.57. The summed E-state index contributed by atoms with van der Waals surface area (Å²) in [5.41, 5.74) is 3.03. The third kappa shape index (κ3) is 4.24. The molecule has 0 radical (unpaired) electrons. The zero-order chi connectivity index (χ0) is 24.8. The second-order valence-electron chi connectivity index (χ2n) is 10.1. The van der Waals surface area contributed by atoms with E-state index in [1.807, 2.05) is 25.1 Å². The first kappa shape index (κ1) is 24.2. The van der Waals surface area contributed by atoms with Gasteiger partial charge in [-0.3, -0.25) is 4.98 Å². The summed E-state index contributed by atoms with van der Waals surface area (Å²) in [6, 6.07) is 14.3. The van der Waals surface area contributed by atoms with Crippen molar-refractivity contribution >= 4 is 11.6 Å². The lowest BCUT2D eigenvalue weighted by molar-refractivity contribution is -0.146. The molecule has 2 N–H and O–H groups in total. The molecule has 0 spiro atoms. The average molecular weight is 496 g/mol. The van der Waals surface area contributed by atoms with Gasteiger partial charge in [0.15, 0.2) is 0 Å². The smallest absolute Gasteiger partial charge is 0.125 e. The van der Waals surface area contributed by atoms with E-state index in [1.54, 1.807) is 12.3 Å². The van der Waals surface area contributed by atoms with Crippen LogP contribution >= 0.6 is 11.6 Å². The van der Waals surface area contributed by atoms with Crippen LogP contribution in [0.3, 0.4) is 0 Å². The van der Waals surface area contributed by atoms with Crippen molar-refractivity contribution in [3.8, 4) is 5.75 Å². The first-order chi connectivity index (χ1) is 16.7. The van der Waals surface area contributed by atoms with Gasteiger partial charge in [0.25, 0.3) is 0 Å². The lowest BCUT2D eigenvalue weighted by atomic mass is 9.52. The zero-order valence-corrected chi connectivity index (χ0v) is 20.9. The van der Waals surface area contributed by atoms with Gasteiger partial charge < -0.3 is 14.9 Å². The predicted molar refractivity (Wildman–Crippen MR) is 134 cm³/mol. The molecule has 1 aromatic heterocycles. The fourth-order valence-corrected chi connectivity index (χ4v) is 6.57. The minimum Gasteiger partial charge on any atom is -0.489 e. The highest BCUT2D eigenvalue weighted by atomic mass is 35.5. The van der Waals surface area contributed by atoms with Gasteiger partial charge in [-0.15, -0.1) is 0 Å². The molecule has 0 amide bonds. The minimum absolute atomic E-state index is 0.153. The monoisotopic (exact) mass is 495 g/mol. The quantitative estimate of drug-likeness (QED) is 0.454. The second-order valence-corrected chi connectivity index (χ2v) is 10.5. The number of pyridine rings is 1. The van der Waals surface area contributed by atoms with Crippen LogP contribution < -0.4 is 4.74 Å². The number of aryl methyl sites for hydroxylation is 2. The summed E-state index contributed by atoms with van der Waals surface area (Å²) < 4.78 is 20.2. The third-order valence-electron chi connectivity index (χ3n) is 8.33. The number of ether oxygens (including phenoxy) is 1.